The fourth-order valence-corrected chi connectivity index (χ4v) is 4.68. The first kappa shape index (κ1) is 15.1. The third-order valence-corrected chi connectivity index (χ3v) is 5.87. The number of nitrogens with zero attached hydrogens (tertiary/aromatic N) is 1. The van der Waals surface area contributed by atoms with Gasteiger partial charge in [0.2, 0.25) is 0 Å². The highest BCUT2D eigenvalue weighted by atomic mass is 35.5. The number of ether oxygens (including phenoxy) is 1. The van der Waals surface area contributed by atoms with Gasteiger partial charge in [-0.25, -0.2) is 0 Å². The SMILES string of the molecule is Clc1cc(-n2c3ccccc3c3ccccc32)cc2c1OC1C=CC=CC21. The second-order valence-electron chi connectivity index (χ2n) is 7.09. The van der Waals surface area contributed by atoms with Crippen molar-refractivity contribution in [2.45, 2.75) is 12.0 Å². The number of rotatable bonds is 1. The van der Waals surface area contributed by atoms with E-state index in [1.165, 1.54) is 21.8 Å². The number of hydrogen-bond donors (Lipinski definition) is 0. The second kappa shape index (κ2) is 5.51. The molecule has 2 atom stereocenters. The Morgan fingerprint density at radius 1 is 0.815 bits per heavy atom. The van der Waals surface area contributed by atoms with Gasteiger partial charge in [0.1, 0.15) is 11.9 Å². The number of benzene rings is 3. The van der Waals surface area contributed by atoms with Crippen LogP contribution >= 0.6 is 11.6 Å². The Balaban J connectivity index is 1.66. The van der Waals surface area contributed by atoms with Crippen molar-refractivity contribution in [2.75, 3.05) is 0 Å². The number of fused-ring (bicyclic) bond motifs is 6. The Hall–Kier alpha value is -2.97. The average Bonchev–Trinajstić information content (AvgIpc) is 3.24. The molecular formula is C24H16ClNO. The highest BCUT2D eigenvalue weighted by molar-refractivity contribution is 6.32. The molecule has 3 aromatic carbocycles. The van der Waals surface area contributed by atoms with E-state index >= 15 is 0 Å². The van der Waals surface area contributed by atoms with Crippen LogP contribution < -0.4 is 4.74 Å². The molecule has 0 spiro atoms. The lowest BCUT2D eigenvalue weighted by Crippen LogP contribution is -2.15. The standard InChI is InChI=1S/C24H16ClNO/c25-20-14-15(13-19-18-9-3-6-12-23(18)27-24(19)20)26-21-10-4-1-7-16(21)17-8-2-5-11-22(17)26/h1-14,18,23H. The maximum absolute atomic E-state index is 6.67. The third-order valence-electron chi connectivity index (χ3n) is 5.59. The van der Waals surface area contributed by atoms with Crippen LogP contribution in [0.15, 0.2) is 85.0 Å². The molecule has 2 aliphatic rings. The van der Waals surface area contributed by atoms with Crippen LogP contribution in [0.2, 0.25) is 5.02 Å². The summed E-state index contributed by atoms with van der Waals surface area (Å²) in [5.41, 5.74) is 4.60. The van der Waals surface area contributed by atoms with Gasteiger partial charge in [-0.05, 0) is 30.3 Å². The quantitative estimate of drug-likeness (QED) is 0.378. The van der Waals surface area contributed by atoms with Crippen molar-refractivity contribution in [1.82, 2.24) is 4.57 Å². The van der Waals surface area contributed by atoms with E-state index in [1.807, 2.05) is 12.1 Å². The molecule has 0 saturated heterocycles. The molecule has 2 unspecified atom stereocenters. The second-order valence-corrected chi connectivity index (χ2v) is 7.50. The molecule has 0 fully saturated rings. The van der Waals surface area contributed by atoms with Crippen molar-refractivity contribution < 1.29 is 4.74 Å². The normalized spacial score (nSPS) is 20.0. The molecule has 6 rings (SSSR count). The first-order chi connectivity index (χ1) is 13.3. The highest BCUT2D eigenvalue weighted by Gasteiger charge is 2.34. The minimum atomic E-state index is 0.0379. The van der Waals surface area contributed by atoms with Gasteiger partial charge in [-0.2, -0.15) is 0 Å². The topological polar surface area (TPSA) is 14.2 Å². The van der Waals surface area contributed by atoms with Gasteiger partial charge in [-0.1, -0.05) is 66.2 Å². The zero-order valence-corrected chi connectivity index (χ0v) is 15.2. The van der Waals surface area contributed by atoms with Gasteiger partial charge in [0, 0.05) is 27.9 Å². The summed E-state index contributed by atoms with van der Waals surface area (Å²) < 4.78 is 8.41. The molecule has 4 aromatic rings. The zero-order valence-electron chi connectivity index (χ0n) is 14.5. The summed E-state index contributed by atoms with van der Waals surface area (Å²) in [6, 6.07) is 21.3. The molecular weight excluding hydrogens is 354 g/mol. The van der Waals surface area contributed by atoms with Crippen LogP contribution in [0.1, 0.15) is 11.5 Å². The molecule has 0 amide bonds. The van der Waals surface area contributed by atoms with E-state index < -0.39 is 0 Å². The predicted molar refractivity (Wildman–Crippen MR) is 111 cm³/mol. The van der Waals surface area contributed by atoms with Gasteiger partial charge in [-0.15, -0.1) is 0 Å². The molecule has 2 nitrogen and oxygen atoms in total. The predicted octanol–water partition coefficient (Wildman–Crippen LogP) is 6.41. The minimum absolute atomic E-state index is 0.0379. The largest absolute Gasteiger partial charge is 0.483 e. The monoisotopic (exact) mass is 369 g/mol. The lowest BCUT2D eigenvalue weighted by Gasteiger charge is -2.14. The van der Waals surface area contributed by atoms with Crippen molar-refractivity contribution >= 4 is 33.4 Å². The van der Waals surface area contributed by atoms with E-state index in [1.54, 1.807) is 0 Å². The number of hydrogen-bond acceptors (Lipinski definition) is 1. The van der Waals surface area contributed by atoms with Crippen LogP contribution in [-0.2, 0) is 0 Å². The van der Waals surface area contributed by atoms with Gasteiger partial charge in [0.15, 0.2) is 0 Å². The number of para-hydroxylation sites is 2. The summed E-state index contributed by atoms with van der Waals surface area (Å²) in [5, 5.41) is 3.17. The molecule has 1 aromatic heterocycles. The Bertz CT molecular complexity index is 1230. The van der Waals surface area contributed by atoms with Crippen LogP contribution in [0.4, 0.5) is 0 Å². The van der Waals surface area contributed by atoms with Crippen LogP contribution in [0.25, 0.3) is 27.5 Å². The number of allylic oxidation sites excluding steroid dienone is 2. The molecule has 0 radical (unpaired) electrons. The molecule has 0 N–H and O–H groups in total. The molecule has 1 aliphatic carbocycles. The fraction of sp³-hybridized carbons (Fsp3) is 0.0833. The van der Waals surface area contributed by atoms with Gasteiger partial charge < -0.3 is 9.30 Å². The summed E-state index contributed by atoms with van der Waals surface area (Å²) in [6.07, 6.45) is 8.45. The molecule has 27 heavy (non-hydrogen) atoms. The Morgan fingerprint density at radius 2 is 1.48 bits per heavy atom. The Kier molecular flexibility index (Phi) is 3.09. The van der Waals surface area contributed by atoms with E-state index in [2.05, 4.69) is 77.4 Å². The minimum Gasteiger partial charge on any atom is -0.483 e. The highest BCUT2D eigenvalue weighted by Crippen LogP contribution is 2.47. The Labute approximate surface area is 161 Å². The summed E-state index contributed by atoms with van der Waals surface area (Å²) in [5.74, 6) is 1.03. The first-order valence-corrected chi connectivity index (χ1v) is 9.53. The smallest absolute Gasteiger partial charge is 0.142 e. The summed E-state index contributed by atoms with van der Waals surface area (Å²) >= 11 is 6.67. The van der Waals surface area contributed by atoms with Crippen LogP contribution in [0.5, 0.6) is 5.75 Å². The molecule has 1 aliphatic heterocycles. The summed E-state index contributed by atoms with van der Waals surface area (Å²) in [7, 11) is 0. The van der Waals surface area contributed by atoms with Gasteiger partial charge in [-0.3, -0.25) is 0 Å². The first-order valence-electron chi connectivity index (χ1n) is 9.15. The van der Waals surface area contributed by atoms with Gasteiger partial charge in [0.25, 0.3) is 0 Å². The lowest BCUT2D eigenvalue weighted by molar-refractivity contribution is 0.269. The number of halogens is 1. The molecule has 2 heterocycles. The summed E-state index contributed by atoms with van der Waals surface area (Å²) in [6.45, 7) is 0. The van der Waals surface area contributed by atoms with E-state index in [9.17, 15) is 0 Å². The maximum atomic E-state index is 6.67. The van der Waals surface area contributed by atoms with Crippen molar-refractivity contribution in [3.8, 4) is 11.4 Å². The summed E-state index contributed by atoms with van der Waals surface area (Å²) in [4.78, 5) is 0. The lowest BCUT2D eigenvalue weighted by atomic mass is 9.92. The average molecular weight is 370 g/mol. The molecule has 0 bridgehead atoms. The zero-order chi connectivity index (χ0) is 18.0. The van der Waals surface area contributed by atoms with E-state index in [-0.39, 0.29) is 12.0 Å². The maximum Gasteiger partial charge on any atom is 0.142 e. The van der Waals surface area contributed by atoms with E-state index in [0.29, 0.717) is 5.02 Å². The van der Waals surface area contributed by atoms with E-state index in [4.69, 9.17) is 16.3 Å². The van der Waals surface area contributed by atoms with Crippen LogP contribution in [-0.4, -0.2) is 10.7 Å². The molecule has 3 heteroatoms. The fourth-order valence-electron chi connectivity index (χ4n) is 4.42. The van der Waals surface area contributed by atoms with Crippen LogP contribution in [0, 0.1) is 0 Å². The van der Waals surface area contributed by atoms with Crippen molar-refractivity contribution in [3.63, 3.8) is 0 Å². The molecule has 0 saturated carbocycles. The van der Waals surface area contributed by atoms with Gasteiger partial charge >= 0.3 is 0 Å². The van der Waals surface area contributed by atoms with Crippen molar-refractivity contribution in [3.05, 3.63) is 95.6 Å². The Morgan fingerprint density at radius 3 is 2.22 bits per heavy atom. The van der Waals surface area contributed by atoms with Crippen molar-refractivity contribution in [1.29, 1.82) is 0 Å². The van der Waals surface area contributed by atoms with Gasteiger partial charge in [0.05, 0.1) is 16.1 Å². The third kappa shape index (κ3) is 2.08. The molecule has 130 valence electrons. The number of aromatic nitrogens is 1. The van der Waals surface area contributed by atoms with Crippen LogP contribution in [0.3, 0.4) is 0 Å². The van der Waals surface area contributed by atoms with E-state index in [0.717, 1.165) is 17.0 Å². The van der Waals surface area contributed by atoms with Crippen molar-refractivity contribution in [2.24, 2.45) is 0 Å².